The Labute approximate surface area is 148 Å². The Morgan fingerprint density at radius 2 is 2.00 bits per heavy atom. The molecule has 0 aliphatic rings. The number of halogens is 1. The quantitative estimate of drug-likeness (QED) is 0.418. The van der Waals surface area contributed by atoms with Crippen molar-refractivity contribution in [2.45, 2.75) is 6.54 Å². The normalized spacial score (nSPS) is 10.8. The molecule has 0 unspecified atom stereocenters. The van der Waals surface area contributed by atoms with Crippen molar-refractivity contribution in [1.82, 2.24) is 9.99 Å². The van der Waals surface area contributed by atoms with Crippen LogP contribution in [0.4, 0.5) is 0 Å². The van der Waals surface area contributed by atoms with Crippen LogP contribution in [-0.2, 0) is 6.54 Å². The molecule has 0 radical (unpaired) electrons. The summed E-state index contributed by atoms with van der Waals surface area (Å²) < 4.78 is 2.90. The van der Waals surface area contributed by atoms with Gasteiger partial charge in [0.25, 0.3) is 5.91 Å². The molecular formula is C19H14BrN3O. The third-order valence-corrected chi connectivity index (χ3v) is 4.09. The molecular weight excluding hydrogens is 366 g/mol. The summed E-state index contributed by atoms with van der Waals surface area (Å²) in [5, 5.41) is 5.10. The predicted molar refractivity (Wildman–Crippen MR) is 100.0 cm³/mol. The molecule has 0 saturated heterocycles. The van der Waals surface area contributed by atoms with Crippen LogP contribution in [0.15, 0.2) is 64.3 Å². The SMILES string of the molecule is C#CCn1cc(/C=N\NC(=O)c2ccc(Br)cc2)c2ccccc21. The van der Waals surface area contributed by atoms with Crippen molar-refractivity contribution < 1.29 is 4.79 Å². The fourth-order valence-corrected chi connectivity index (χ4v) is 2.70. The summed E-state index contributed by atoms with van der Waals surface area (Å²) in [7, 11) is 0. The Bertz CT molecular complexity index is 949. The molecule has 3 rings (SSSR count). The van der Waals surface area contributed by atoms with Crippen LogP contribution in [0, 0.1) is 12.3 Å². The summed E-state index contributed by atoms with van der Waals surface area (Å²) in [6, 6.07) is 15.0. The van der Waals surface area contributed by atoms with Crippen molar-refractivity contribution in [2.24, 2.45) is 5.10 Å². The lowest BCUT2D eigenvalue weighted by Crippen LogP contribution is -2.17. The molecule has 1 amide bonds. The summed E-state index contributed by atoms with van der Waals surface area (Å²) in [6.45, 7) is 0.486. The maximum atomic E-state index is 12.0. The molecule has 3 aromatic rings. The van der Waals surface area contributed by atoms with Gasteiger partial charge in [-0.1, -0.05) is 40.0 Å². The monoisotopic (exact) mass is 379 g/mol. The second-order valence-electron chi connectivity index (χ2n) is 5.14. The Morgan fingerprint density at radius 1 is 1.25 bits per heavy atom. The fraction of sp³-hybridized carbons (Fsp3) is 0.0526. The van der Waals surface area contributed by atoms with Crippen LogP contribution in [0.5, 0.6) is 0 Å². The second kappa shape index (κ2) is 7.16. The Morgan fingerprint density at radius 3 is 2.75 bits per heavy atom. The van der Waals surface area contributed by atoms with Gasteiger partial charge in [-0.2, -0.15) is 5.10 Å². The number of hydrogen-bond donors (Lipinski definition) is 1. The Hall–Kier alpha value is -2.84. The first-order valence-electron chi connectivity index (χ1n) is 7.29. The molecule has 1 N–H and O–H groups in total. The van der Waals surface area contributed by atoms with Crippen molar-refractivity contribution >= 4 is 39.0 Å². The number of para-hydroxylation sites is 1. The van der Waals surface area contributed by atoms with Gasteiger partial charge in [-0.25, -0.2) is 5.43 Å². The van der Waals surface area contributed by atoms with Crippen LogP contribution in [-0.4, -0.2) is 16.7 Å². The van der Waals surface area contributed by atoms with Crippen LogP contribution in [0.3, 0.4) is 0 Å². The van der Waals surface area contributed by atoms with Crippen molar-refractivity contribution in [3.63, 3.8) is 0 Å². The van der Waals surface area contributed by atoms with Crippen molar-refractivity contribution in [3.05, 3.63) is 70.3 Å². The number of rotatable bonds is 4. The number of fused-ring (bicyclic) bond motifs is 1. The predicted octanol–water partition coefficient (Wildman–Crippen LogP) is 3.80. The zero-order chi connectivity index (χ0) is 16.9. The smallest absolute Gasteiger partial charge is 0.271 e. The van der Waals surface area contributed by atoms with Gasteiger partial charge in [0.15, 0.2) is 0 Å². The summed E-state index contributed by atoms with van der Waals surface area (Å²) >= 11 is 3.34. The first-order valence-corrected chi connectivity index (χ1v) is 8.08. The van der Waals surface area contributed by atoms with E-state index in [1.807, 2.05) is 47.2 Å². The average molecular weight is 380 g/mol. The molecule has 0 aliphatic heterocycles. The summed E-state index contributed by atoms with van der Waals surface area (Å²) in [6.07, 6.45) is 8.97. The van der Waals surface area contributed by atoms with E-state index in [2.05, 4.69) is 32.4 Å². The number of nitrogens with one attached hydrogen (secondary N) is 1. The number of carbonyl (C=O) groups excluding carboxylic acids is 1. The third kappa shape index (κ3) is 3.39. The minimum absolute atomic E-state index is 0.258. The van der Waals surface area contributed by atoms with Crippen LogP contribution in [0.25, 0.3) is 10.9 Å². The van der Waals surface area contributed by atoms with Gasteiger partial charge in [0, 0.05) is 32.7 Å². The van der Waals surface area contributed by atoms with Crippen molar-refractivity contribution in [1.29, 1.82) is 0 Å². The number of hydrogen-bond acceptors (Lipinski definition) is 2. The van der Waals surface area contributed by atoms with Crippen molar-refractivity contribution in [3.8, 4) is 12.3 Å². The number of hydrazone groups is 1. The summed E-state index contributed by atoms with van der Waals surface area (Å²) in [4.78, 5) is 12.0. The highest BCUT2D eigenvalue weighted by Crippen LogP contribution is 2.19. The highest BCUT2D eigenvalue weighted by Gasteiger charge is 2.06. The van der Waals surface area contributed by atoms with Crippen LogP contribution >= 0.6 is 15.9 Å². The van der Waals surface area contributed by atoms with E-state index < -0.39 is 0 Å². The molecule has 24 heavy (non-hydrogen) atoms. The van der Waals surface area contributed by atoms with E-state index in [0.717, 1.165) is 20.9 Å². The van der Waals surface area contributed by atoms with E-state index in [-0.39, 0.29) is 5.91 Å². The first kappa shape index (κ1) is 16.0. The van der Waals surface area contributed by atoms with Gasteiger partial charge in [-0.05, 0) is 30.3 Å². The number of carbonyl (C=O) groups is 1. The molecule has 1 aromatic heterocycles. The van der Waals surface area contributed by atoms with E-state index in [1.165, 1.54) is 0 Å². The molecule has 1 heterocycles. The largest absolute Gasteiger partial charge is 0.335 e. The maximum Gasteiger partial charge on any atom is 0.271 e. The number of nitrogens with zero attached hydrogens (tertiary/aromatic N) is 2. The number of aromatic nitrogens is 1. The minimum Gasteiger partial charge on any atom is -0.335 e. The van der Waals surface area contributed by atoms with Gasteiger partial charge in [0.05, 0.1) is 12.8 Å². The molecule has 118 valence electrons. The van der Waals surface area contributed by atoms with E-state index in [0.29, 0.717) is 12.1 Å². The van der Waals surface area contributed by atoms with Crippen molar-refractivity contribution in [2.75, 3.05) is 0 Å². The number of terminal acetylenes is 1. The topological polar surface area (TPSA) is 46.4 Å². The van der Waals surface area contributed by atoms with Gasteiger partial charge in [-0.15, -0.1) is 6.42 Å². The highest BCUT2D eigenvalue weighted by molar-refractivity contribution is 9.10. The fourth-order valence-electron chi connectivity index (χ4n) is 2.43. The molecule has 0 saturated carbocycles. The lowest BCUT2D eigenvalue weighted by molar-refractivity contribution is 0.0955. The molecule has 0 spiro atoms. The molecule has 4 nitrogen and oxygen atoms in total. The molecule has 5 heteroatoms. The van der Waals surface area contributed by atoms with Crippen LogP contribution in [0.2, 0.25) is 0 Å². The second-order valence-corrected chi connectivity index (χ2v) is 6.06. The zero-order valence-corrected chi connectivity index (χ0v) is 14.3. The van der Waals surface area contributed by atoms with Gasteiger partial charge >= 0.3 is 0 Å². The minimum atomic E-state index is -0.258. The Kier molecular flexibility index (Phi) is 4.78. The average Bonchev–Trinajstić information content (AvgIpc) is 2.94. The van der Waals surface area contributed by atoms with Gasteiger partial charge in [0.2, 0.25) is 0 Å². The number of amides is 1. The van der Waals surface area contributed by atoms with Gasteiger partial charge in [0.1, 0.15) is 0 Å². The first-order chi connectivity index (χ1) is 11.7. The Balaban J connectivity index is 1.79. The highest BCUT2D eigenvalue weighted by atomic mass is 79.9. The lowest BCUT2D eigenvalue weighted by Gasteiger charge is -1.99. The van der Waals surface area contributed by atoms with Crippen LogP contribution < -0.4 is 5.43 Å². The summed E-state index contributed by atoms with van der Waals surface area (Å²) in [5.41, 5.74) is 5.02. The van der Waals surface area contributed by atoms with E-state index in [4.69, 9.17) is 6.42 Å². The van der Waals surface area contributed by atoms with E-state index in [9.17, 15) is 4.79 Å². The number of benzene rings is 2. The van der Waals surface area contributed by atoms with Crippen LogP contribution in [0.1, 0.15) is 15.9 Å². The summed E-state index contributed by atoms with van der Waals surface area (Å²) in [5.74, 6) is 2.38. The molecule has 0 fully saturated rings. The standard InChI is InChI=1S/C19H14BrN3O/c1-2-11-23-13-15(17-5-3-4-6-18(17)23)12-21-22-19(24)14-7-9-16(20)10-8-14/h1,3-10,12-13H,11H2,(H,22,24)/b21-12-. The molecule has 2 aromatic carbocycles. The van der Waals surface area contributed by atoms with Gasteiger partial charge < -0.3 is 4.57 Å². The van der Waals surface area contributed by atoms with E-state index >= 15 is 0 Å². The van der Waals surface area contributed by atoms with Gasteiger partial charge in [-0.3, -0.25) is 4.79 Å². The molecule has 0 atom stereocenters. The maximum absolute atomic E-state index is 12.0. The van der Waals surface area contributed by atoms with E-state index in [1.54, 1.807) is 18.3 Å². The lowest BCUT2D eigenvalue weighted by atomic mass is 10.2. The molecule has 0 bridgehead atoms. The molecule has 0 aliphatic carbocycles. The third-order valence-electron chi connectivity index (χ3n) is 3.56. The zero-order valence-electron chi connectivity index (χ0n) is 12.7.